The zero-order chi connectivity index (χ0) is 35.1. The van der Waals surface area contributed by atoms with Crippen molar-refractivity contribution < 1.29 is 47.9 Å². The summed E-state index contributed by atoms with van der Waals surface area (Å²) in [6.45, 7) is 7.84. The molecule has 2 unspecified atom stereocenters. The maximum absolute atomic E-state index is 11.7. The van der Waals surface area contributed by atoms with Gasteiger partial charge in [-0.1, -0.05) is 0 Å². The van der Waals surface area contributed by atoms with Crippen LogP contribution < -0.4 is 20.4 Å². The molecule has 17 heteroatoms. The zero-order valence-corrected chi connectivity index (χ0v) is 27.9. The van der Waals surface area contributed by atoms with Gasteiger partial charge in [-0.3, -0.25) is 9.59 Å². The van der Waals surface area contributed by atoms with E-state index in [0.717, 1.165) is 22.3 Å². The number of hydrogen-bond donors (Lipinski definition) is 2. The molecule has 0 fully saturated rings. The summed E-state index contributed by atoms with van der Waals surface area (Å²) in [7, 11) is -2.24. The first-order chi connectivity index (χ1) is 23.6. The molecule has 2 aromatic heterocycles. The molecule has 2 aliphatic heterocycles. The topological polar surface area (TPSA) is 182 Å². The van der Waals surface area contributed by atoms with Gasteiger partial charge in [-0.05, 0) is 96.7 Å². The zero-order valence-electron chi connectivity index (χ0n) is 27.2. The molecule has 0 saturated heterocycles. The van der Waals surface area contributed by atoms with Crippen molar-refractivity contribution in [2.45, 2.75) is 52.7 Å². The Bertz CT molecular complexity index is 1810. The number of nitrogens with zero attached hydrogens (tertiary/aromatic N) is 4. The smallest absolute Gasteiger partial charge is 0.466 e. The highest BCUT2D eigenvalue weighted by Crippen LogP contribution is 2.34. The maximum atomic E-state index is 11.7. The van der Waals surface area contributed by atoms with Crippen LogP contribution in [0.1, 0.15) is 61.2 Å². The molecule has 0 amide bonds. The van der Waals surface area contributed by atoms with E-state index < -0.39 is 26.4 Å². The molecule has 0 saturated carbocycles. The Morgan fingerprint density at radius 3 is 1.78 bits per heavy atom. The molecule has 2 atom stereocenters. The predicted molar refractivity (Wildman–Crippen MR) is 177 cm³/mol. The van der Waals surface area contributed by atoms with Crippen LogP contribution in [0.15, 0.2) is 55.1 Å². The van der Waals surface area contributed by atoms with Crippen LogP contribution in [0.2, 0.25) is 5.28 Å². The monoisotopic (exact) mass is 690 g/mol. The molecular weight excluding hydrogens is 657 g/mol. The van der Waals surface area contributed by atoms with Gasteiger partial charge in [-0.15, -0.1) is 0 Å². The maximum Gasteiger partial charge on any atom is 0.492 e. The van der Waals surface area contributed by atoms with E-state index in [0.29, 0.717) is 41.5 Å². The number of benzene rings is 2. The van der Waals surface area contributed by atoms with Crippen molar-refractivity contribution in [3.8, 4) is 23.3 Å². The van der Waals surface area contributed by atoms with Gasteiger partial charge in [-0.25, -0.2) is 15.0 Å². The summed E-state index contributed by atoms with van der Waals surface area (Å²) in [6, 6.07) is 10.2. The van der Waals surface area contributed by atoms with Crippen molar-refractivity contribution in [2.75, 3.05) is 13.2 Å². The second-order valence-electron chi connectivity index (χ2n) is 10.9. The van der Waals surface area contributed by atoms with Gasteiger partial charge in [0.25, 0.3) is 0 Å². The number of hydrogen-bond acceptors (Lipinski definition) is 14. The predicted octanol–water partition coefficient (Wildman–Crippen LogP) is 3.23. The number of carbonyl (C=O) groups is 2. The molecule has 4 heterocycles. The lowest BCUT2D eigenvalue weighted by Crippen LogP contribution is -2.28. The molecule has 0 spiro atoms. The van der Waals surface area contributed by atoms with Crippen molar-refractivity contribution >= 4 is 48.7 Å². The first kappa shape index (κ1) is 35.7. The van der Waals surface area contributed by atoms with Crippen molar-refractivity contribution in [3.63, 3.8) is 0 Å². The molecule has 2 N–H and O–H groups in total. The largest absolute Gasteiger partial charge is 0.492 e. The minimum Gasteiger partial charge on any atom is -0.466 e. The number of fused-ring (bicyclic) bond motifs is 2. The van der Waals surface area contributed by atoms with Gasteiger partial charge in [0.05, 0.1) is 38.3 Å². The number of esters is 2. The van der Waals surface area contributed by atoms with E-state index in [1.807, 2.05) is 19.9 Å². The Kier molecular flexibility index (Phi) is 11.8. The summed E-state index contributed by atoms with van der Waals surface area (Å²) in [5, 5.41) is 20.4. The summed E-state index contributed by atoms with van der Waals surface area (Å²) in [6.07, 6.45) is 3.48. The summed E-state index contributed by atoms with van der Waals surface area (Å²) in [5.74, 6) is 0.970. The summed E-state index contributed by atoms with van der Waals surface area (Å²) in [5.41, 5.74) is 4.41. The fourth-order valence-corrected chi connectivity index (χ4v) is 5.72. The molecule has 0 aliphatic carbocycles. The molecule has 14 nitrogen and oxygen atoms in total. The van der Waals surface area contributed by atoms with E-state index in [9.17, 15) is 19.6 Å². The summed E-state index contributed by atoms with van der Waals surface area (Å²) >= 11 is 5.75. The van der Waals surface area contributed by atoms with E-state index >= 15 is 0 Å². The normalized spacial score (nSPS) is 15.9. The first-order valence-electron chi connectivity index (χ1n) is 15.4. The van der Waals surface area contributed by atoms with Crippen LogP contribution in [0, 0.1) is 13.8 Å². The van der Waals surface area contributed by atoms with Gasteiger partial charge in [0.1, 0.15) is 17.8 Å². The molecule has 0 bridgehead atoms. The van der Waals surface area contributed by atoms with Crippen LogP contribution in [-0.4, -0.2) is 69.4 Å². The number of aromatic nitrogens is 4. The Morgan fingerprint density at radius 1 is 0.796 bits per heavy atom. The Labute approximate surface area is 288 Å². The van der Waals surface area contributed by atoms with Crippen molar-refractivity contribution in [2.24, 2.45) is 0 Å². The van der Waals surface area contributed by atoms with Crippen LogP contribution in [0.4, 0.5) is 0 Å². The van der Waals surface area contributed by atoms with Gasteiger partial charge >= 0.3 is 26.2 Å². The van der Waals surface area contributed by atoms with Crippen molar-refractivity contribution in [3.05, 3.63) is 82.7 Å². The van der Waals surface area contributed by atoms with Gasteiger partial charge in [-0.2, -0.15) is 4.98 Å². The van der Waals surface area contributed by atoms with Crippen molar-refractivity contribution in [1.82, 2.24) is 19.9 Å². The second-order valence-corrected chi connectivity index (χ2v) is 11.2. The number of halogens is 1. The third kappa shape index (κ3) is 8.90. The number of carbonyl (C=O) groups excluding carboxylic acids is 2. The van der Waals surface area contributed by atoms with Crippen LogP contribution in [0.25, 0.3) is 0 Å². The molecular formula is C32H33B2ClN4O10. The molecule has 254 valence electrons. The molecule has 6 rings (SSSR count). The number of ether oxygens (including phenoxy) is 4. The minimum absolute atomic E-state index is 0.0421. The lowest BCUT2D eigenvalue weighted by atomic mass is 9.77. The lowest BCUT2D eigenvalue weighted by molar-refractivity contribution is -0.146. The fraction of sp³-hybridized carbons (Fsp3) is 0.312. The van der Waals surface area contributed by atoms with Crippen molar-refractivity contribution in [1.29, 1.82) is 0 Å². The highest BCUT2D eigenvalue weighted by molar-refractivity contribution is 6.62. The van der Waals surface area contributed by atoms with E-state index in [-0.39, 0.29) is 35.9 Å². The average Bonchev–Trinajstić information content (AvgIpc) is 3.53. The standard InChI is InChI=1S/C16H16BClN2O5.C16H17BN2O5/c1-3-23-14(21)8-12-15-9(2)6-10(7-11(15)17(22)25-12)24-13-4-5-19-16(18)20-13;1-3-22-15(20)8-13-16-10(2)6-11(7-12(16)17(21)24-13)23-14-4-5-18-9-19-14/h4-7,12,22H,3,8H2,1-2H3;4-7,9,13,21H,3,8H2,1-2H3. The van der Waals surface area contributed by atoms with E-state index in [4.69, 9.17) is 39.9 Å². The van der Waals surface area contributed by atoms with Crippen LogP contribution >= 0.6 is 11.6 Å². The molecule has 2 aliphatic rings. The first-order valence-corrected chi connectivity index (χ1v) is 15.8. The molecule has 2 aromatic carbocycles. The van der Waals surface area contributed by atoms with Gasteiger partial charge in [0, 0.05) is 24.5 Å². The highest BCUT2D eigenvalue weighted by atomic mass is 35.5. The van der Waals surface area contributed by atoms with E-state index in [2.05, 4.69) is 19.9 Å². The third-order valence-electron chi connectivity index (χ3n) is 7.46. The molecule has 49 heavy (non-hydrogen) atoms. The lowest BCUT2D eigenvalue weighted by Gasteiger charge is -2.14. The fourth-order valence-electron chi connectivity index (χ4n) is 5.58. The van der Waals surface area contributed by atoms with Gasteiger partial charge in [0.15, 0.2) is 0 Å². The molecule has 4 aromatic rings. The average molecular weight is 691 g/mol. The van der Waals surface area contributed by atoms with E-state index in [1.54, 1.807) is 50.4 Å². The SMILES string of the molecule is CCOC(=O)CC1OB(O)c2cc(Oc3ccnc(Cl)n3)cc(C)c21.CCOC(=O)CC1OB(O)c2cc(Oc3ccncn3)cc(C)c21. The molecule has 0 radical (unpaired) electrons. The Morgan fingerprint density at radius 2 is 1.31 bits per heavy atom. The number of rotatable bonds is 10. The highest BCUT2D eigenvalue weighted by Gasteiger charge is 2.39. The quantitative estimate of drug-likeness (QED) is 0.141. The Balaban J connectivity index is 0.000000191. The van der Waals surface area contributed by atoms with Crippen LogP contribution in [0.5, 0.6) is 23.3 Å². The third-order valence-corrected chi connectivity index (χ3v) is 7.64. The second kappa shape index (κ2) is 16.2. The Hall–Kier alpha value is -4.60. The summed E-state index contributed by atoms with van der Waals surface area (Å²) < 4.78 is 32.3. The van der Waals surface area contributed by atoms with Gasteiger partial charge in [0.2, 0.25) is 17.0 Å². The summed E-state index contributed by atoms with van der Waals surface area (Å²) in [4.78, 5) is 39.0. The van der Waals surface area contributed by atoms with Gasteiger partial charge < -0.3 is 38.3 Å². The van der Waals surface area contributed by atoms with Crippen LogP contribution in [0.3, 0.4) is 0 Å². The minimum atomic E-state index is -1.13. The van der Waals surface area contributed by atoms with Crippen LogP contribution in [-0.2, 0) is 28.4 Å². The number of aryl methyl sites for hydroxylation is 2. The van der Waals surface area contributed by atoms with E-state index in [1.165, 1.54) is 12.5 Å².